The molecule has 1 fully saturated rings. The van der Waals surface area contributed by atoms with E-state index in [1.807, 2.05) is 13.0 Å². The molecule has 0 amide bonds. The molecule has 0 aromatic carbocycles. The molecule has 1 unspecified atom stereocenters. The molecule has 132 valence electrons. The highest BCUT2D eigenvalue weighted by Crippen LogP contribution is 2.31. The summed E-state index contributed by atoms with van der Waals surface area (Å²) in [5.74, 6) is -0.0956. The van der Waals surface area contributed by atoms with Crippen molar-refractivity contribution >= 4 is 5.97 Å². The van der Waals surface area contributed by atoms with E-state index in [9.17, 15) is 14.7 Å². The van der Waals surface area contributed by atoms with Gasteiger partial charge < -0.3 is 9.84 Å². The van der Waals surface area contributed by atoms with Crippen LogP contribution in [0.4, 0.5) is 0 Å². The molecule has 1 aliphatic rings. The third kappa shape index (κ3) is 4.23. The van der Waals surface area contributed by atoms with Crippen molar-refractivity contribution < 1.29 is 14.6 Å². The number of pyridine rings is 1. The predicted molar refractivity (Wildman–Crippen MR) is 90.8 cm³/mol. The Bertz CT molecular complexity index is 812. The zero-order valence-corrected chi connectivity index (χ0v) is 14.1. The largest absolute Gasteiger partial charge is 0.480 e. The van der Waals surface area contributed by atoms with E-state index >= 15 is 0 Å². The lowest BCUT2D eigenvalue weighted by Crippen LogP contribution is -2.32. The standard InChI is InChI=1S/C18H21N3O4/c1-12-5-4-8-16(20-12)25-14-10-17(22)21(19-11-14)15(18(23)24)9-13-6-2-3-7-13/h4-5,8,10-11,13,15H,2-3,6-7,9H2,1H3,(H,23,24). The minimum Gasteiger partial charge on any atom is -0.480 e. The average Bonchev–Trinajstić information content (AvgIpc) is 3.06. The fourth-order valence-corrected chi connectivity index (χ4v) is 3.25. The Balaban J connectivity index is 1.79. The molecule has 0 spiro atoms. The highest BCUT2D eigenvalue weighted by Gasteiger charge is 2.28. The molecule has 2 aromatic rings. The number of aromatic nitrogens is 3. The van der Waals surface area contributed by atoms with Crippen LogP contribution in [0, 0.1) is 12.8 Å². The number of carbonyl (C=O) groups is 1. The van der Waals surface area contributed by atoms with Gasteiger partial charge in [0.25, 0.3) is 5.56 Å². The van der Waals surface area contributed by atoms with Gasteiger partial charge in [-0.1, -0.05) is 31.7 Å². The predicted octanol–water partition coefficient (Wildman–Crippen LogP) is 2.95. The Morgan fingerprint density at radius 1 is 1.40 bits per heavy atom. The fourth-order valence-electron chi connectivity index (χ4n) is 3.25. The van der Waals surface area contributed by atoms with E-state index in [2.05, 4.69) is 10.1 Å². The number of carboxylic acid groups (broad SMARTS) is 1. The van der Waals surface area contributed by atoms with Crippen molar-refractivity contribution in [2.24, 2.45) is 5.92 Å². The van der Waals surface area contributed by atoms with Crippen LogP contribution >= 0.6 is 0 Å². The molecule has 3 rings (SSSR count). The molecule has 7 nitrogen and oxygen atoms in total. The van der Waals surface area contributed by atoms with E-state index in [-0.39, 0.29) is 5.75 Å². The summed E-state index contributed by atoms with van der Waals surface area (Å²) in [5.41, 5.74) is 0.303. The molecular weight excluding hydrogens is 322 g/mol. The maximum atomic E-state index is 12.4. The molecule has 1 aliphatic carbocycles. The summed E-state index contributed by atoms with van der Waals surface area (Å²) >= 11 is 0. The maximum Gasteiger partial charge on any atom is 0.328 e. The van der Waals surface area contributed by atoms with Crippen molar-refractivity contribution in [3.63, 3.8) is 0 Å². The highest BCUT2D eigenvalue weighted by atomic mass is 16.5. The van der Waals surface area contributed by atoms with Gasteiger partial charge in [-0.2, -0.15) is 5.10 Å². The third-order valence-corrected chi connectivity index (χ3v) is 4.50. The van der Waals surface area contributed by atoms with Crippen LogP contribution in [0.5, 0.6) is 11.6 Å². The Hall–Kier alpha value is -2.70. The van der Waals surface area contributed by atoms with Gasteiger partial charge in [0.05, 0.1) is 6.20 Å². The van der Waals surface area contributed by atoms with Gasteiger partial charge >= 0.3 is 5.97 Å². The summed E-state index contributed by atoms with van der Waals surface area (Å²) in [7, 11) is 0. The second-order valence-electron chi connectivity index (χ2n) is 6.43. The summed E-state index contributed by atoms with van der Waals surface area (Å²) in [6.45, 7) is 1.84. The second kappa shape index (κ2) is 7.46. The van der Waals surface area contributed by atoms with Crippen LogP contribution in [0.1, 0.15) is 43.8 Å². The zero-order valence-electron chi connectivity index (χ0n) is 14.1. The zero-order chi connectivity index (χ0) is 17.8. The molecule has 7 heteroatoms. The molecule has 2 heterocycles. The second-order valence-corrected chi connectivity index (χ2v) is 6.43. The van der Waals surface area contributed by atoms with Crippen molar-refractivity contribution in [2.45, 2.75) is 45.1 Å². The molecule has 1 atom stereocenters. The molecule has 1 N–H and O–H groups in total. The van der Waals surface area contributed by atoms with E-state index in [0.29, 0.717) is 18.2 Å². The SMILES string of the molecule is Cc1cccc(Oc2cnn(C(CC3CCCC3)C(=O)O)c(=O)c2)n1. The number of hydrogen-bond donors (Lipinski definition) is 1. The molecular formula is C18H21N3O4. The van der Waals surface area contributed by atoms with Crippen LogP contribution in [0.15, 0.2) is 35.3 Å². The highest BCUT2D eigenvalue weighted by molar-refractivity contribution is 5.71. The summed E-state index contributed by atoms with van der Waals surface area (Å²) < 4.78 is 6.57. The van der Waals surface area contributed by atoms with Crippen molar-refractivity contribution in [1.29, 1.82) is 0 Å². The lowest BCUT2D eigenvalue weighted by molar-refractivity contribution is -0.142. The van der Waals surface area contributed by atoms with Crippen LogP contribution in [-0.2, 0) is 4.79 Å². The Morgan fingerprint density at radius 2 is 2.16 bits per heavy atom. The van der Waals surface area contributed by atoms with Crippen molar-refractivity contribution in [1.82, 2.24) is 14.8 Å². The van der Waals surface area contributed by atoms with Gasteiger partial charge in [0.15, 0.2) is 11.8 Å². The monoisotopic (exact) mass is 343 g/mol. The van der Waals surface area contributed by atoms with Crippen LogP contribution in [0.25, 0.3) is 0 Å². The fraction of sp³-hybridized carbons (Fsp3) is 0.444. The minimum atomic E-state index is -1.03. The smallest absolute Gasteiger partial charge is 0.328 e. The van der Waals surface area contributed by atoms with E-state index in [1.165, 1.54) is 12.3 Å². The van der Waals surface area contributed by atoms with E-state index in [4.69, 9.17) is 4.74 Å². The first kappa shape index (κ1) is 17.1. The molecule has 0 radical (unpaired) electrons. The number of aliphatic carboxylic acids is 1. The Morgan fingerprint density at radius 3 is 2.80 bits per heavy atom. The normalized spacial score (nSPS) is 15.9. The minimum absolute atomic E-state index is 0.240. The van der Waals surface area contributed by atoms with Gasteiger partial charge in [-0.25, -0.2) is 14.5 Å². The van der Waals surface area contributed by atoms with Crippen LogP contribution in [-0.4, -0.2) is 25.8 Å². The van der Waals surface area contributed by atoms with Gasteiger partial charge in [-0.05, 0) is 25.3 Å². The number of carboxylic acids is 1. The van der Waals surface area contributed by atoms with Crippen LogP contribution < -0.4 is 10.3 Å². The summed E-state index contributed by atoms with van der Waals surface area (Å²) in [6, 6.07) is 5.62. The average molecular weight is 343 g/mol. The van der Waals surface area contributed by atoms with Gasteiger partial charge in [-0.3, -0.25) is 4.79 Å². The first-order chi connectivity index (χ1) is 12.0. The van der Waals surface area contributed by atoms with Crippen molar-refractivity contribution in [3.8, 4) is 11.6 Å². The maximum absolute atomic E-state index is 12.4. The molecule has 1 saturated carbocycles. The lowest BCUT2D eigenvalue weighted by atomic mass is 9.98. The van der Waals surface area contributed by atoms with E-state index < -0.39 is 17.6 Å². The summed E-state index contributed by atoms with van der Waals surface area (Å²) in [4.78, 5) is 28.2. The van der Waals surface area contributed by atoms with Crippen molar-refractivity contribution in [2.75, 3.05) is 0 Å². The van der Waals surface area contributed by atoms with E-state index in [1.54, 1.807) is 12.1 Å². The number of ether oxygens (including phenoxy) is 1. The molecule has 2 aromatic heterocycles. The number of rotatable bonds is 6. The molecule has 0 aliphatic heterocycles. The van der Waals surface area contributed by atoms with Gasteiger partial charge in [0.1, 0.15) is 0 Å². The third-order valence-electron chi connectivity index (χ3n) is 4.50. The number of nitrogens with zero attached hydrogens (tertiary/aromatic N) is 3. The topological polar surface area (TPSA) is 94.3 Å². The molecule has 25 heavy (non-hydrogen) atoms. The van der Waals surface area contributed by atoms with Crippen LogP contribution in [0.3, 0.4) is 0 Å². The first-order valence-corrected chi connectivity index (χ1v) is 8.46. The van der Waals surface area contributed by atoms with Gasteiger partial charge in [-0.15, -0.1) is 0 Å². The first-order valence-electron chi connectivity index (χ1n) is 8.46. The number of aryl methyl sites for hydroxylation is 1. The Kier molecular flexibility index (Phi) is 5.11. The lowest BCUT2D eigenvalue weighted by Gasteiger charge is -2.18. The van der Waals surface area contributed by atoms with Gasteiger partial charge in [0, 0.05) is 17.8 Å². The summed E-state index contributed by atoms with van der Waals surface area (Å²) in [6.07, 6.45) is 6.06. The molecule has 0 bridgehead atoms. The van der Waals surface area contributed by atoms with E-state index in [0.717, 1.165) is 36.1 Å². The summed E-state index contributed by atoms with van der Waals surface area (Å²) in [5, 5.41) is 13.5. The van der Waals surface area contributed by atoms with Crippen LogP contribution in [0.2, 0.25) is 0 Å². The van der Waals surface area contributed by atoms with Crippen molar-refractivity contribution in [3.05, 3.63) is 46.5 Å². The number of hydrogen-bond acceptors (Lipinski definition) is 5. The quantitative estimate of drug-likeness (QED) is 0.866. The molecule has 0 saturated heterocycles. The Labute approximate surface area is 145 Å². The van der Waals surface area contributed by atoms with Gasteiger partial charge in [0.2, 0.25) is 5.88 Å².